The minimum atomic E-state index is 0.158. The van der Waals surface area contributed by atoms with E-state index in [1.165, 1.54) is 5.69 Å². The fraction of sp³-hybridized carbons (Fsp3) is 0.438. The van der Waals surface area contributed by atoms with Crippen molar-refractivity contribution >= 4 is 11.6 Å². The summed E-state index contributed by atoms with van der Waals surface area (Å²) in [6.45, 7) is 3.75. The second kappa shape index (κ2) is 6.18. The molecule has 2 N–H and O–H groups in total. The highest BCUT2D eigenvalue weighted by Gasteiger charge is 2.22. The van der Waals surface area contributed by atoms with Crippen molar-refractivity contribution in [1.29, 1.82) is 0 Å². The number of nitrogens with zero attached hydrogens (tertiary/aromatic N) is 2. The Labute approximate surface area is 129 Å². The Hall–Kier alpha value is -1.36. The van der Waals surface area contributed by atoms with Crippen LogP contribution in [0.15, 0.2) is 24.3 Å². The van der Waals surface area contributed by atoms with Crippen molar-refractivity contribution in [2.45, 2.75) is 32.4 Å². The lowest BCUT2D eigenvalue weighted by atomic mass is 10.0. The van der Waals surface area contributed by atoms with Crippen LogP contribution in [0.25, 0.3) is 11.3 Å². The van der Waals surface area contributed by atoms with Gasteiger partial charge in [-0.05, 0) is 37.5 Å². The van der Waals surface area contributed by atoms with Gasteiger partial charge in [-0.15, -0.1) is 0 Å². The maximum Gasteiger partial charge on any atom is 0.0929 e. The van der Waals surface area contributed by atoms with E-state index in [1.54, 1.807) is 0 Å². The van der Waals surface area contributed by atoms with E-state index in [-0.39, 0.29) is 12.6 Å². The molecule has 1 aliphatic heterocycles. The minimum Gasteiger partial charge on any atom is -0.395 e. The van der Waals surface area contributed by atoms with Crippen LogP contribution in [-0.4, -0.2) is 28.0 Å². The maximum atomic E-state index is 9.00. The predicted molar refractivity (Wildman–Crippen MR) is 84.5 cm³/mol. The van der Waals surface area contributed by atoms with E-state index in [4.69, 9.17) is 21.8 Å². The molecule has 1 aliphatic rings. The average molecular weight is 306 g/mol. The molecule has 112 valence electrons. The zero-order chi connectivity index (χ0) is 14.8. The van der Waals surface area contributed by atoms with Gasteiger partial charge in [0.1, 0.15) is 0 Å². The molecule has 0 saturated heterocycles. The number of aromatic nitrogens is 2. The number of hydrogen-bond donors (Lipinski definition) is 2. The van der Waals surface area contributed by atoms with Gasteiger partial charge in [0.25, 0.3) is 0 Å². The van der Waals surface area contributed by atoms with Crippen LogP contribution in [-0.2, 0) is 6.54 Å². The maximum absolute atomic E-state index is 9.00. The third kappa shape index (κ3) is 2.84. The van der Waals surface area contributed by atoms with Gasteiger partial charge >= 0.3 is 0 Å². The topological polar surface area (TPSA) is 50.1 Å². The smallest absolute Gasteiger partial charge is 0.0929 e. The molecule has 1 aromatic heterocycles. The van der Waals surface area contributed by atoms with E-state index < -0.39 is 0 Å². The minimum absolute atomic E-state index is 0.158. The lowest BCUT2D eigenvalue weighted by Crippen LogP contribution is -2.29. The highest BCUT2D eigenvalue weighted by molar-refractivity contribution is 6.31. The predicted octanol–water partition coefficient (Wildman–Crippen LogP) is 2.93. The van der Waals surface area contributed by atoms with Gasteiger partial charge in [0.2, 0.25) is 0 Å². The van der Waals surface area contributed by atoms with Crippen LogP contribution in [0, 0.1) is 6.92 Å². The van der Waals surface area contributed by atoms with Crippen LogP contribution in [0.1, 0.15) is 30.1 Å². The zero-order valence-electron chi connectivity index (χ0n) is 12.1. The number of rotatable bonds is 4. The van der Waals surface area contributed by atoms with E-state index in [0.717, 1.165) is 41.2 Å². The van der Waals surface area contributed by atoms with Crippen molar-refractivity contribution in [3.63, 3.8) is 0 Å². The van der Waals surface area contributed by atoms with Gasteiger partial charge in [-0.3, -0.25) is 4.68 Å². The highest BCUT2D eigenvalue weighted by atomic mass is 35.5. The average Bonchev–Trinajstić information content (AvgIpc) is 2.92. The molecule has 3 rings (SSSR count). The fourth-order valence-corrected chi connectivity index (χ4v) is 3.12. The summed E-state index contributed by atoms with van der Waals surface area (Å²) in [7, 11) is 0. The Morgan fingerprint density at radius 1 is 1.48 bits per heavy atom. The molecule has 0 amide bonds. The lowest BCUT2D eigenvalue weighted by Gasteiger charge is -2.24. The molecular weight excluding hydrogens is 286 g/mol. The Kier molecular flexibility index (Phi) is 4.29. The lowest BCUT2D eigenvalue weighted by molar-refractivity contribution is 0.273. The summed E-state index contributed by atoms with van der Waals surface area (Å²) in [6, 6.07) is 8.34. The van der Waals surface area contributed by atoms with Crippen molar-refractivity contribution in [3.8, 4) is 11.3 Å². The monoisotopic (exact) mass is 305 g/mol. The summed E-state index contributed by atoms with van der Waals surface area (Å²) in [6.07, 6.45) is 2.19. The largest absolute Gasteiger partial charge is 0.395 e. The van der Waals surface area contributed by atoms with Gasteiger partial charge in [-0.25, -0.2) is 0 Å². The summed E-state index contributed by atoms with van der Waals surface area (Å²) in [5, 5.41) is 17.9. The molecule has 1 unspecified atom stereocenters. The number of halogens is 1. The molecule has 1 aromatic carbocycles. The fourth-order valence-electron chi connectivity index (χ4n) is 2.95. The van der Waals surface area contributed by atoms with Crippen LogP contribution < -0.4 is 5.32 Å². The van der Waals surface area contributed by atoms with Gasteiger partial charge in [0, 0.05) is 29.7 Å². The van der Waals surface area contributed by atoms with Crippen LogP contribution in [0.2, 0.25) is 5.02 Å². The standard InChI is InChI=1S/C16H20ClN3O/c1-11-12(4-2-5-13(11)17)15-10-16-14(18-7-9-21)6-3-8-20(16)19-15/h2,4-5,10,14,18,21H,3,6-9H2,1H3. The molecule has 5 heteroatoms. The summed E-state index contributed by atoms with van der Waals surface area (Å²) < 4.78 is 2.08. The van der Waals surface area contributed by atoms with E-state index in [0.29, 0.717) is 6.54 Å². The van der Waals surface area contributed by atoms with Crippen molar-refractivity contribution in [1.82, 2.24) is 15.1 Å². The molecule has 0 spiro atoms. The molecule has 4 nitrogen and oxygen atoms in total. The van der Waals surface area contributed by atoms with Crippen LogP contribution in [0.5, 0.6) is 0 Å². The molecule has 0 radical (unpaired) electrons. The first-order valence-corrected chi connectivity index (χ1v) is 7.76. The van der Waals surface area contributed by atoms with Crippen molar-refractivity contribution in [2.24, 2.45) is 0 Å². The molecule has 1 atom stereocenters. The second-order valence-electron chi connectivity index (χ2n) is 5.46. The van der Waals surface area contributed by atoms with Gasteiger partial charge in [0.15, 0.2) is 0 Å². The van der Waals surface area contributed by atoms with E-state index in [1.807, 2.05) is 19.1 Å². The Morgan fingerprint density at radius 2 is 2.33 bits per heavy atom. The van der Waals surface area contributed by atoms with Gasteiger partial charge in [0.05, 0.1) is 18.0 Å². The normalized spacial score (nSPS) is 17.8. The number of nitrogens with one attached hydrogen (secondary N) is 1. The quantitative estimate of drug-likeness (QED) is 0.913. The molecule has 2 heterocycles. The number of hydrogen-bond acceptors (Lipinski definition) is 3. The van der Waals surface area contributed by atoms with Crippen LogP contribution in [0.4, 0.5) is 0 Å². The highest BCUT2D eigenvalue weighted by Crippen LogP contribution is 2.32. The summed E-state index contributed by atoms with van der Waals surface area (Å²) >= 11 is 6.21. The zero-order valence-corrected chi connectivity index (χ0v) is 12.9. The SMILES string of the molecule is Cc1c(Cl)cccc1-c1cc2n(n1)CCCC2NCCO. The third-order valence-electron chi connectivity index (χ3n) is 4.08. The third-order valence-corrected chi connectivity index (χ3v) is 4.49. The first-order valence-electron chi connectivity index (χ1n) is 7.38. The Bertz CT molecular complexity index is 638. The Balaban J connectivity index is 1.96. The van der Waals surface area contributed by atoms with Crippen LogP contribution in [0.3, 0.4) is 0 Å². The van der Waals surface area contributed by atoms with Crippen molar-refractivity contribution < 1.29 is 5.11 Å². The van der Waals surface area contributed by atoms with E-state index in [9.17, 15) is 0 Å². The number of aliphatic hydroxyl groups excluding tert-OH is 1. The molecule has 21 heavy (non-hydrogen) atoms. The molecule has 2 aromatic rings. The molecular formula is C16H20ClN3O. The molecule has 0 saturated carbocycles. The first kappa shape index (κ1) is 14.6. The van der Waals surface area contributed by atoms with Crippen molar-refractivity contribution in [2.75, 3.05) is 13.2 Å². The molecule has 0 fully saturated rings. The molecule has 0 aliphatic carbocycles. The number of aliphatic hydroxyl groups is 1. The van der Waals surface area contributed by atoms with E-state index >= 15 is 0 Å². The van der Waals surface area contributed by atoms with Gasteiger partial charge in [-0.1, -0.05) is 23.7 Å². The van der Waals surface area contributed by atoms with Gasteiger partial charge in [-0.2, -0.15) is 5.10 Å². The first-order chi connectivity index (χ1) is 10.2. The van der Waals surface area contributed by atoms with Crippen LogP contribution >= 0.6 is 11.6 Å². The second-order valence-corrected chi connectivity index (χ2v) is 5.87. The van der Waals surface area contributed by atoms with Gasteiger partial charge < -0.3 is 10.4 Å². The van der Waals surface area contributed by atoms with Crippen molar-refractivity contribution in [3.05, 3.63) is 40.5 Å². The number of aryl methyl sites for hydroxylation is 1. The Morgan fingerprint density at radius 3 is 3.14 bits per heavy atom. The number of benzene rings is 1. The summed E-state index contributed by atoms with van der Waals surface area (Å²) in [4.78, 5) is 0. The molecule has 0 bridgehead atoms. The summed E-state index contributed by atoms with van der Waals surface area (Å²) in [5.41, 5.74) is 4.33. The summed E-state index contributed by atoms with van der Waals surface area (Å²) in [5.74, 6) is 0. The number of fused-ring (bicyclic) bond motifs is 1. The van der Waals surface area contributed by atoms with E-state index in [2.05, 4.69) is 22.1 Å².